The summed E-state index contributed by atoms with van der Waals surface area (Å²) in [7, 11) is 0. The van der Waals surface area contributed by atoms with Gasteiger partial charge >= 0.3 is 0 Å². The summed E-state index contributed by atoms with van der Waals surface area (Å²) in [5.41, 5.74) is 0. The van der Waals surface area contributed by atoms with Gasteiger partial charge in [0.1, 0.15) is 6.61 Å². The molecule has 3 rings (SSSR count). The first-order valence-corrected chi connectivity index (χ1v) is 6.93. The molecule has 2 heterocycles. The fourth-order valence-electron chi connectivity index (χ4n) is 3.05. The fraction of sp³-hybridized carbons (Fsp3) is 0.923. The molecule has 0 aromatic carbocycles. The SMILES string of the molecule is O=C(COCC1CC1)NC1CC2CCC(C1)N2. The van der Waals surface area contributed by atoms with Gasteiger partial charge in [-0.2, -0.15) is 0 Å². The number of nitrogens with one attached hydrogen (secondary N) is 2. The largest absolute Gasteiger partial charge is 0.371 e. The molecular formula is C13H22N2O2. The van der Waals surface area contributed by atoms with E-state index in [2.05, 4.69) is 10.6 Å². The molecule has 2 bridgehead atoms. The van der Waals surface area contributed by atoms with Crippen molar-refractivity contribution in [3.05, 3.63) is 0 Å². The third-order valence-corrected chi connectivity index (χ3v) is 4.12. The lowest BCUT2D eigenvalue weighted by molar-refractivity contribution is -0.126. The summed E-state index contributed by atoms with van der Waals surface area (Å²) in [6.07, 6.45) is 7.28. The monoisotopic (exact) mass is 238 g/mol. The van der Waals surface area contributed by atoms with E-state index in [9.17, 15) is 4.79 Å². The number of carbonyl (C=O) groups is 1. The highest BCUT2D eigenvalue weighted by molar-refractivity contribution is 5.77. The molecule has 96 valence electrons. The van der Waals surface area contributed by atoms with Gasteiger partial charge in [-0.05, 0) is 44.4 Å². The van der Waals surface area contributed by atoms with E-state index in [-0.39, 0.29) is 12.5 Å². The minimum absolute atomic E-state index is 0.0666. The maximum atomic E-state index is 11.7. The average Bonchev–Trinajstić information content (AvgIpc) is 3.04. The number of amides is 1. The highest BCUT2D eigenvalue weighted by atomic mass is 16.5. The molecule has 4 heteroatoms. The van der Waals surface area contributed by atoms with E-state index in [0.29, 0.717) is 18.1 Å². The third-order valence-electron chi connectivity index (χ3n) is 4.12. The van der Waals surface area contributed by atoms with Gasteiger partial charge in [0.2, 0.25) is 5.91 Å². The van der Waals surface area contributed by atoms with Crippen molar-refractivity contribution in [3.63, 3.8) is 0 Å². The Kier molecular flexibility index (Phi) is 3.34. The van der Waals surface area contributed by atoms with E-state index < -0.39 is 0 Å². The van der Waals surface area contributed by atoms with Crippen molar-refractivity contribution in [1.29, 1.82) is 0 Å². The molecule has 2 saturated heterocycles. The predicted molar refractivity (Wildman–Crippen MR) is 64.7 cm³/mol. The minimum atomic E-state index is 0.0666. The Morgan fingerprint density at radius 2 is 1.88 bits per heavy atom. The van der Waals surface area contributed by atoms with Gasteiger partial charge in [0.25, 0.3) is 0 Å². The first-order chi connectivity index (χ1) is 8.29. The zero-order valence-corrected chi connectivity index (χ0v) is 10.3. The van der Waals surface area contributed by atoms with Crippen molar-refractivity contribution in [1.82, 2.24) is 10.6 Å². The van der Waals surface area contributed by atoms with Crippen molar-refractivity contribution in [2.45, 2.75) is 56.7 Å². The molecule has 1 amide bonds. The number of ether oxygens (including phenoxy) is 1. The Morgan fingerprint density at radius 3 is 2.53 bits per heavy atom. The van der Waals surface area contributed by atoms with Crippen LogP contribution >= 0.6 is 0 Å². The van der Waals surface area contributed by atoms with Gasteiger partial charge in [-0.3, -0.25) is 4.79 Å². The van der Waals surface area contributed by atoms with Gasteiger partial charge in [-0.25, -0.2) is 0 Å². The van der Waals surface area contributed by atoms with Crippen LogP contribution in [0.5, 0.6) is 0 Å². The minimum Gasteiger partial charge on any atom is -0.371 e. The van der Waals surface area contributed by atoms with E-state index in [1.54, 1.807) is 0 Å². The molecule has 0 spiro atoms. The Balaban J connectivity index is 1.35. The normalized spacial score (nSPS) is 35.9. The maximum absolute atomic E-state index is 11.7. The van der Waals surface area contributed by atoms with Crippen LogP contribution in [0.4, 0.5) is 0 Å². The Morgan fingerprint density at radius 1 is 1.18 bits per heavy atom. The van der Waals surface area contributed by atoms with Crippen LogP contribution in [0.25, 0.3) is 0 Å². The van der Waals surface area contributed by atoms with Gasteiger partial charge < -0.3 is 15.4 Å². The van der Waals surface area contributed by atoms with Gasteiger partial charge in [0, 0.05) is 18.1 Å². The zero-order chi connectivity index (χ0) is 11.7. The Bertz CT molecular complexity index is 279. The predicted octanol–water partition coefficient (Wildman–Crippen LogP) is 0.812. The van der Waals surface area contributed by atoms with Crippen LogP contribution in [0.3, 0.4) is 0 Å². The van der Waals surface area contributed by atoms with Crippen LogP contribution in [0.2, 0.25) is 0 Å². The maximum Gasteiger partial charge on any atom is 0.246 e. The van der Waals surface area contributed by atoms with E-state index in [1.807, 2.05) is 0 Å². The van der Waals surface area contributed by atoms with Crippen molar-refractivity contribution >= 4 is 5.91 Å². The summed E-state index contributed by atoms with van der Waals surface area (Å²) >= 11 is 0. The highest BCUT2D eigenvalue weighted by Gasteiger charge is 2.33. The van der Waals surface area contributed by atoms with E-state index in [0.717, 1.165) is 25.4 Å². The second-order valence-electron chi connectivity index (χ2n) is 5.83. The summed E-state index contributed by atoms with van der Waals surface area (Å²) in [6, 6.07) is 1.63. The molecule has 2 aliphatic heterocycles. The summed E-state index contributed by atoms with van der Waals surface area (Å²) < 4.78 is 5.40. The van der Waals surface area contributed by atoms with Crippen LogP contribution in [0.1, 0.15) is 38.5 Å². The first-order valence-electron chi connectivity index (χ1n) is 6.93. The molecule has 3 fully saturated rings. The van der Waals surface area contributed by atoms with Crippen molar-refractivity contribution in [3.8, 4) is 0 Å². The summed E-state index contributed by atoms with van der Waals surface area (Å²) in [4.78, 5) is 11.7. The summed E-state index contributed by atoms with van der Waals surface area (Å²) in [5, 5.41) is 6.69. The molecule has 2 unspecified atom stereocenters. The molecule has 1 aliphatic carbocycles. The van der Waals surface area contributed by atoms with Crippen LogP contribution in [0.15, 0.2) is 0 Å². The third kappa shape index (κ3) is 3.19. The molecule has 0 aromatic heterocycles. The van der Waals surface area contributed by atoms with Crippen LogP contribution in [0, 0.1) is 5.92 Å². The van der Waals surface area contributed by atoms with Gasteiger partial charge in [0.05, 0.1) is 6.61 Å². The molecule has 2 atom stereocenters. The lowest BCUT2D eigenvalue weighted by Crippen LogP contribution is -2.48. The molecule has 2 N–H and O–H groups in total. The average molecular weight is 238 g/mol. The van der Waals surface area contributed by atoms with E-state index >= 15 is 0 Å². The number of piperidine rings is 1. The standard InChI is InChI=1S/C13H22N2O2/c16-13(8-17-7-9-1-2-9)15-12-5-10-3-4-11(6-12)14-10/h9-12,14H,1-8H2,(H,15,16). The second-order valence-corrected chi connectivity index (χ2v) is 5.83. The topological polar surface area (TPSA) is 50.4 Å². The van der Waals surface area contributed by atoms with Crippen molar-refractivity contribution in [2.75, 3.05) is 13.2 Å². The van der Waals surface area contributed by atoms with Gasteiger partial charge in [0.15, 0.2) is 0 Å². The van der Waals surface area contributed by atoms with Crippen LogP contribution in [-0.4, -0.2) is 37.2 Å². The summed E-state index contributed by atoms with van der Waals surface area (Å²) in [5.74, 6) is 0.800. The lowest BCUT2D eigenvalue weighted by atomic mass is 10.00. The number of rotatable bonds is 5. The van der Waals surface area contributed by atoms with E-state index in [4.69, 9.17) is 4.74 Å². The zero-order valence-electron chi connectivity index (χ0n) is 10.3. The molecule has 4 nitrogen and oxygen atoms in total. The molecule has 17 heavy (non-hydrogen) atoms. The lowest BCUT2D eigenvalue weighted by Gasteiger charge is -2.29. The number of hydrogen-bond acceptors (Lipinski definition) is 3. The number of hydrogen-bond donors (Lipinski definition) is 2. The van der Waals surface area contributed by atoms with E-state index in [1.165, 1.54) is 25.7 Å². The van der Waals surface area contributed by atoms with Crippen molar-refractivity contribution in [2.24, 2.45) is 5.92 Å². The molecular weight excluding hydrogens is 216 g/mol. The first kappa shape index (κ1) is 11.5. The molecule has 0 radical (unpaired) electrons. The molecule has 1 saturated carbocycles. The van der Waals surface area contributed by atoms with Gasteiger partial charge in [-0.15, -0.1) is 0 Å². The quantitative estimate of drug-likeness (QED) is 0.745. The number of carbonyl (C=O) groups excluding carboxylic acids is 1. The fourth-order valence-corrected chi connectivity index (χ4v) is 3.05. The Labute approximate surface area is 102 Å². The summed E-state index contributed by atoms with van der Waals surface area (Å²) in [6.45, 7) is 1.01. The molecule has 3 aliphatic rings. The second kappa shape index (κ2) is 4.94. The van der Waals surface area contributed by atoms with Crippen LogP contribution < -0.4 is 10.6 Å². The van der Waals surface area contributed by atoms with Crippen LogP contribution in [-0.2, 0) is 9.53 Å². The molecule has 0 aromatic rings. The Hall–Kier alpha value is -0.610. The number of fused-ring (bicyclic) bond motifs is 2. The highest BCUT2D eigenvalue weighted by Crippen LogP contribution is 2.29. The van der Waals surface area contributed by atoms with Gasteiger partial charge in [-0.1, -0.05) is 0 Å². The smallest absolute Gasteiger partial charge is 0.246 e. The van der Waals surface area contributed by atoms with Crippen molar-refractivity contribution < 1.29 is 9.53 Å².